The molecule has 2 N–H and O–H groups in total. The summed E-state index contributed by atoms with van der Waals surface area (Å²) in [7, 11) is 0. The highest BCUT2D eigenvalue weighted by molar-refractivity contribution is 5.83. The van der Waals surface area contributed by atoms with Gasteiger partial charge in [0.1, 0.15) is 5.82 Å². The van der Waals surface area contributed by atoms with Crippen molar-refractivity contribution in [1.82, 2.24) is 15.3 Å². The number of H-pyrrole nitrogens is 1. The van der Waals surface area contributed by atoms with Crippen molar-refractivity contribution in [3.05, 3.63) is 88.5 Å². The predicted molar refractivity (Wildman–Crippen MR) is 111 cm³/mol. The number of rotatable bonds is 6. The minimum atomic E-state index is -0.138. The lowest BCUT2D eigenvalue weighted by molar-refractivity contribution is -0.121. The second-order valence-corrected chi connectivity index (χ2v) is 6.84. The number of hydrogen-bond donors (Lipinski definition) is 2. The average Bonchev–Trinajstić information content (AvgIpc) is 2.72. The van der Waals surface area contributed by atoms with Gasteiger partial charge in [0.25, 0.3) is 5.56 Å². The van der Waals surface area contributed by atoms with Crippen LogP contribution in [0.25, 0.3) is 21.7 Å². The van der Waals surface area contributed by atoms with E-state index < -0.39 is 0 Å². The molecule has 5 heteroatoms. The van der Waals surface area contributed by atoms with Crippen molar-refractivity contribution in [2.75, 3.05) is 0 Å². The Labute approximate surface area is 162 Å². The molecular weight excluding hydrogens is 350 g/mol. The highest BCUT2D eigenvalue weighted by Gasteiger charge is 2.06. The van der Waals surface area contributed by atoms with E-state index in [0.29, 0.717) is 42.5 Å². The van der Waals surface area contributed by atoms with Crippen LogP contribution in [0.1, 0.15) is 24.2 Å². The monoisotopic (exact) mass is 371 g/mol. The maximum atomic E-state index is 12.1. The number of carbonyl (C=O) groups excluding carboxylic acids is 1. The van der Waals surface area contributed by atoms with Gasteiger partial charge in [0.15, 0.2) is 0 Å². The van der Waals surface area contributed by atoms with E-state index in [1.54, 1.807) is 6.07 Å². The van der Waals surface area contributed by atoms with Gasteiger partial charge in [-0.15, -0.1) is 0 Å². The Morgan fingerprint density at radius 1 is 0.964 bits per heavy atom. The SMILES string of the molecule is O=C(CCCc1nc2ccccc2c(=O)[nH]1)NCc1ccc2ccccc2c1. The predicted octanol–water partition coefficient (Wildman–Crippen LogP) is 3.72. The number of carbonyl (C=O) groups is 1. The standard InChI is InChI=1S/C23H21N3O2/c27-22(24-15-16-12-13-17-6-1-2-7-18(17)14-16)11-5-10-21-25-20-9-4-3-8-19(20)23(28)26-21/h1-4,6-9,12-14H,5,10-11,15H2,(H,24,27)(H,25,26,28). The van der Waals surface area contributed by atoms with Crippen LogP contribution in [0.5, 0.6) is 0 Å². The zero-order valence-electron chi connectivity index (χ0n) is 15.4. The summed E-state index contributed by atoms with van der Waals surface area (Å²) < 4.78 is 0. The number of aromatic amines is 1. The van der Waals surface area contributed by atoms with E-state index in [1.807, 2.05) is 36.4 Å². The van der Waals surface area contributed by atoms with E-state index in [2.05, 4.69) is 39.6 Å². The summed E-state index contributed by atoms with van der Waals surface area (Å²) in [4.78, 5) is 31.5. The molecule has 28 heavy (non-hydrogen) atoms. The van der Waals surface area contributed by atoms with Crippen LogP contribution in [-0.2, 0) is 17.8 Å². The van der Waals surface area contributed by atoms with Gasteiger partial charge in [-0.3, -0.25) is 9.59 Å². The number of benzene rings is 3. The highest BCUT2D eigenvalue weighted by Crippen LogP contribution is 2.15. The van der Waals surface area contributed by atoms with Crippen LogP contribution in [0.3, 0.4) is 0 Å². The number of aryl methyl sites for hydroxylation is 1. The third-order valence-corrected chi connectivity index (χ3v) is 4.78. The molecule has 5 nitrogen and oxygen atoms in total. The number of amides is 1. The summed E-state index contributed by atoms with van der Waals surface area (Å²) >= 11 is 0. The molecule has 0 saturated carbocycles. The van der Waals surface area contributed by atoms with E-state index in [0.717, 1.165) is 5.56 Å². The van der Waals surface area contributed by atoms with Crippen molar-refractivity contribution in [2.24, 2.45) is 0 Å². The Kier molecular flexibility index (Phi) is 5.15. The third kappa shape index (κ3) is 4.09. The maximum Gasteiger partial charge on any atom is 0.258 e. The summed E-state index contributed by atoms with van der Waals surface area (Å²) in [5, 5.41) is 5.90. The lowest BCUT2D eigenvalue weighted by Crippen LogP contribution is -2.22. The summed E-state index contributed by atoms with van der Waals surface area (Å²) in [6.07, 6.45) is 1.58. The van der Waals surface area contributed by atoms with Crippen LogP contribution in [0, 0.1) is 0 Å². The summed E-state index contributed by atoms with van der Waals surface area (Å²) in [5.74, 6) is 0.613. The summed E-state index contributed by atoms with van der Waals surface area (Å²) in [6.45, 7) is 0.509. The minimum absolute atomic E-state index is 0.00343. The van der Waals surface area contributed by atoms with Crippen molar-refractivity contribution in [3.8, 4) is 0 Å². The van der Waals surface area contributed by atoms with Gasteiger partial charge in [-0.2, -0.15) is 0 Å². The molecule has 0 aliphatic heterocycles. The highest BCUT2D eigenvalue weighted by atomic mass is 16.1. The van der Waals surface area contributed by atoms with E-state index in [-0.39, 0.29) is 11.5 Å². The van der Waals surface area contributed by atoms with Crippen LogP contribution < -0.4 is 10.9 Å². The molecule has 0 saturated heterocycles. The van der Waals surface area contributed by atoms with E-state index >= 15 is 0 Å². The van der Waals surface area contributed by atoms with E-state index in [1.165, 1.54) is 10.8 Å². The minimum Gasteiger partial charge on any atom is -0.352 e. The van der Waals surface area contributed by atoms with Crippen molar-refractivity contribution < 1.29 is 4.79 Å². The molecule has 3 aromatic carbocycles. The second kappa shape index (κ2) is 8.05. The van der Waals surface area contributed by atoms with Gasteiger partial charge < -0.3 is 10.3 Å². The number of para-hydroxylation sites is 1. The van der Waals surface area contributed by atoms with E-state index in [9.17, 15) is 9.59 Å². The lowest BCUT2D eigenvalue weighted by atomic mass is 10.1. The summed E-state index contributed by atoms with van der Waals surface area (Å²) in [5.41, 5.74) is 1.62. The van der Waals surface area contributed by atoms with Crippen LogP contribution in [0.4, 0.5) is 0 Å². The normalized spacial score (nSPS) is 11.0. The number of nitrogens with one attached hydrogen (secondary N) is 2. The van der Waals surface area contributed by atoms with Gasteiger partial charge in [0.2, 0.25) is 5.91 Å². The lowest BCUT2D eigenvalue weighted by Gasteiger charge is -2.07. The van der Waals surface area contributed by atoms with Gasteiger partial charge in [0.05, 0.1) is 10.9 Å². The molecule has 4 aromatic rings. The van der Waals surface area contributed by atoms with Gasteiger partial charge in [-0.1, -0.05) is 48.5 Å². The molecule has 140 valence electrons. The number of aromatic nitrogens is 2. The maximum absolute atomic E-state index is 12.1. The van der Waals surface area contributed by atoms with Crippen molar-refractivity contribution in [2.45, 2.75) is 25.8 Å². The number of fused-ring (bicyclic) bond motifs is 2. The van der Waals surface area contributed by atoms with Crippen LogP contribution in [0.2, 0.25) is 0 Å². The first-order chi connectivity index (χ1) is 13.7. The van der Waals surface area contributed by atoms with Crippen LogP contribution in [0.15, 0.2) is 71.5 Å². The molecule has 0 unspecified atom stereocenters. The smallest absolute Gasteiger partial charge is 0.258 e. The van der Waals surface area contributed by atoms with Crippen molar-refractivity contribution in [1.29, 1.82) is 0 Å². The Morgan fingerprint density at radius 2 is 1.75 bits per heavy atom. The quantitative estimate of drug-likeness (QED) is 0.542. The number of hydrogen-bond acceptors (Lipinski definition) is 3. The molecule has 0 atom stereocenters. The fourth-order valence-electron chi connectivity index (χ4n) is 3.31. The van der Waals surface area contributed by atoms with Crippen molar-refractivity contribution >= 4 is 27.6 Å². The molecular formula is C23H21N3O2. The molecule has 1 heterocycles. The largest absolute Gasteiger partial charge is 0.352 e. The second-order valence-electron chi connectivity index (χ2n) is 6.84. The van der Waals surface area contributed by atoms with Gasteiger partial charge in [-0.05, 0) is 41.0 Å². The Hall–Kier alpha value is -3.47. The van der Waals surface area contributed by atoms with E-state index in [4.69, 9.17) is 0 Å². The average molecular weight is 371 g/mol. The Morgan fingerprint density at radius 3 is 2.64 bits per heavy atom. The molecule has 0 radical (unpaired) electrons. The van der Waals surface area contributed by atoms with Crippen molar-refractivity contribution in [3.63, 3.8) is 0 Å². The first-order valence-corrected chi connectivity index (χ1v) is 9.41. The zero-order chi connectivity index (χ0) is 19.3. The molecule has 0 fully saturated rings. The molecule has 0 spiro atoms. The van der Waals surface area contributed by atoms with Gasteiger partial charge in [-0.25, -0.2) is 4.98 Å². The topological polar surface area (TPSA) is 74.8 Å². The first kappa shape index (κ1) is 17.9. The fourth-order valence-corrected chi connectivity index (χ4v) is 3.31. The molecule has 4 rings (SSSR count). The molecule has 1 aromatic heterocycles. The third-order valence-electron chi connectivity index (χ3n) is 4.78. The fraction of sp³-hybridized carbons (Fsp3) is 0.174. The summed E-state index contributed by atoms with van der Waals surface area (Å²) in [6, 6.07) is 21.6. The van der Waals surface area contributed by atoms with Crippen LogP contribution in [-0.4, -0.2) is 15.9 Å². The molecule has 0 aliphatic rings. The van der Waals surface area contributed by atoms with Crippen LogP contribution >= 0.6 is 0 Å². The first-order valence-electron chi connectivity index (χ1n) is 9.41. The Bertz CT molecular complexity index is 1200. The molecule has 1 amide bonds. The van der Waals surface area contributed by atoms with Gasteiger partial charge in [0, 0.05) is 19.4 Å². The molecule has 0 bridgehead atoms. The zero-order valence-corrected chi connectivity index (χ0v) is 15.4. The number of nitrogens with zero attached hydrogens (tertiary/aromatic N) is 1. The molecule has 0 aliphatic carbocycles. The van der Waals surface area contributed by atoms with Gasteiger partial charge >= 0.3 is 0 Å². The Balaban J connectivity index is 1.30.